The van der Waals surface area contributed by atoms with Gasteiger partial charge in [-0.2, -0.15) is 0 Å². The fourth-order valence-electron chi connectivity index (χ4n) is 2.62. The quantitative estimate of drug-likeness (QED) is 0.779. The lowest BCUT2D eigenvalue weighted by molar-refractivity contribution is -0.158. The molecule has 6 nitrogen and oxygen atoms in total. The molecule has 1 aromatic rings. The number of nitrogens with zero attached hydrogens (tertiary/aromatic N) is 1. The molecule has 0 aromatic heterocycles. The van der Waals surface area contributed by atoms with Crippen molar-refractivity contribution in [3.8, 4) is 5.75 Å². The summed E-state index contributed by atoms with van der Waals surface area (Å²) in [5.41, 5.74) is 0.685. The number of benzene rings is 1. The van der Waals surface area contributed by atoms with Gasteiger partial charge in [-0.3, -0.25) is 14.5 Å². The largest absolute Gasteiger partial charge is 0.494 e. The molecule has 1 aliphatic rings. The summed E-state index contributed by atoms with van der Waals surface area (Å²) in [6.45, 7) is 6.44. The molecular weight excluding hydrogens is 296 g/mol. The third-order valence-corrected chi connectivity index (χ3v) is 3.67. The molecule has 0 radical (unpaired) electrons. The van der Waals surface area contributed by atoms with Gasteiger partial charge in [0.2, 0.25) is 5.91 Å². The van der Waals surface area contributed by atoms with Crippen molar-refractivity contribution in [1.29, 1.82) is 0 Å². The van der Waals surface area contributed by atoms with Crippen molar-refractivity contribution in [3.63, 3.8) is 0 Å². The van der Waals surface area contributed by atoms with Gasteiger partial charge in [0.05, 0.1) is 13.0 Å². The highest BCUT2D eigenvalue weighted by molar-refractivity contribution is 5.94. The second kappa shape index (κ2) is 8.53. The number of hydrogen-bond donors (Lipinski definition) is 1. The van der Waals surface area contributed by atoms with Crippen LogP contribution in [0.2, 0.25) is 0 Å². The molecule has 1 atom stereocenters. The lowest BCUT2D eigenvalue weighted by Crippen LogP contribution is -2.50. The van der Waals surface area contributed by atoms with E-state index in [0.29, 0.717) is 25.4 Å². The number of nitrogens with one attached hydrogen (secondary N) is 1. The molecule has 0 spiro atoms. The van der Waals surface area contributed by atoms with E-state index in [1.165, 1.54) is 0 Å². The number of amides is 1. The van der Waals surface area contributed by atoms with Crippen LogP contribution in [0.1, 0.15) is 26.7 Å². The van der Waals surface area contributed by atoms with Gasteiger partial charge >= 0.3 is 5.97 Å². The second-order valence-electron chi connectivity index (χ2n) is 5.43. The summed E-state index contributed by atoms with van der Waals surface area (Å²) in [7, 11) is 0. The minimum Gasteiger partial charge on any atom is -0.494 e. The van der Waals surface area contributed by atoms with Gasteiger partial charge < -0.3 is 14.8 Å². The average Bonchev–Trinajstić information content (AvgIpc) is 2.53. The van der Waals surface area contributed by atoms with Crippen LogP contribution in [-0.4, -0.2) is 49.1 Å². The van der Waals surface area contributed by atoms with E-state index in [1.807, 2.05) is 11.8 Å². The summed E-state index contributed by atoms with van der Waals surface area (Å²) < 4.78 is 10.4. The molecule has 0 unspecified atom stereocenters. The van der Waals surface area contributed by atoms with Gasteiger partial charge in [-0.15, -0.1) is 0 Å². The van der Waals surface area contributed by atoms with E-state index < -0.39 is 6.04 Å². The monoisotopic (exact) mass is 320 g/mol. The molecule has 1 fully saturated rings. The van der Waals surface area contributed by atoms with Crippen molar-refractivity contribution in [2.24, 2.45) is 0 Å². The molecule has 1 heterocycles. The van der Waals surface area contributed by atoms with Gasteiger partial charge in [-0.1, -0.05) is 6.92 Å². The van der Waals surface area contributed by atoms with E-state index in [9.17, 15) is 9.59 Å². The molecule has 2 rings (SSSR count). The van der Waals surface area contributed by atoms with Gasteiger partial charge in [0.15, 0.2) is 0 Å². The number of esters is 1. The molecule has 6 heteroatoms. The zero-order valence-corrected chi connectivity index (χ0v) is 13.7. The van der Waals surface area contributed by atoms with Gasteiger partial charge in [0.25, 0.3) is 0 Å². The third kappa shape index (κ3) is 4.96. The van der Waals surface area contributed by atoms with E-state index in [1.54, 1.807) is 24.3 Å². The molecule has 126 valence electrons. The van der Waals surface area contributed by atoms with Crippen molar-refractivity contribution >= 4 is 17.6 Å². The van der Waals surface area contributed by atoms with Crippen LogP contribution >= 0.6 is 0 Å². The Kier molecular flexibility index (Phi) is 6.40. The number of ether oxygens (including phenoxy) is 2. The summed E-state index contributed by atoms with van der Waals surface area (Å²) in [6.07, 6.45) is 1.04. The second-order valence-corrected chi connectivity index (χ2v) is 5.43. The Morgan fingerprint density at radius 1 is 1.35 bits per heavy atom. The van der Waals surface area contributed by atoms with Crippen LogP contribution < -0.4 is 10.1 Å². The number of anilines is 1. The average molecular weight is 320 g/mol. The Morgan fingerprint density at radius 2 is 2.09 bits per heavy atom. The Hall–Kier alpha value is -2.08. The Morgan fingerprint density at radius 3 is 2.74 bits per heavy atom. The molecule has 1 amide bonds. The fraction of sp³-hybridized carbons (Fsp3) is 0.529. The molecule has 1 aliphatic heterocycles. The Bertz CT molecular complexity index is 528. The predicted octanol–water partition coefficient (Wildman–Crippen LogP) is 2.05. The van der Waals surface area contributed by atoms with E-state index in [2.05, 4.69) is 12.2 Å². The molecule has 1 aromatic carbocycles. The van der Waals surface area contributed by atoms with Crippen molar-refractivity contribution in [3.05, 3.63) is 24.3 Å². The first-order chi connectivity index (χ1) is 11.1. The summed E-state index contributed by atoms with van der Waals surface area (Å²) in [6, 6.07) is 6.68. The molecule has 1 saturated heterocycles. The zero-order valence-electron chi connectivity index (χ0n) is 13.7. The van der Waals surface area contributed by atoms with Crippen LogP contribution in [0, 0.1) is 0 Å². The van der Waals surface area contributed by atoms with Crippen LogP contribution in [-0.2, 0) is 14.3 Å². The maximum atomic E-state index is 12.2. The van der Waals surface area contributed by atoms with Crippen LogP contribution in [0.3, 0.4) is 0 Å². The number of cyclic esters (lactones) is 1. The van der Waals surface area contributed by atoms with Crippen molar-refractivity contribution in [1.82, 2.24) is 4.90 Å². The fourth-order valence-corrected chi connectivity index (χ4v) is 2.62. The molecule has 23 heavy (non-hydrogen) atoms. The Labute approximate surface area is 136 Å². The Balaban J connectivity index is 1.93. The topological polar surface area (TPSA) is 67.9 Å². The van der Waals surface area contributed by atoms with Crippen molar-refractivity contribution in [2.45, 2.75) is 32.7 Å². The minimum absolute atomic E-state index is 0.103. The van der Waals surface area contributed by atoms with Gasteiger partial charge in [-0.05, 0) is 44.2 Å². The van der Waals surface area contributed by atoms with Crippen LogP contribution in [0.5, 0.6) is 5.75 Å². The molecular formula is C17H24N2O4. The van der Waals surface area contributed by atoms with Crippen LogP contribution in [0.15, 0.2) is 24.3 Å². The number of hydrogen-bond acceptors (Lipinski definition) is 5. The van der Waals surface area contributed by atoms with Crippen molar-refractivity contribution in [2.75, 3.05) is 31.6 Å². The maximum Gasteiger partial charge on any atom is 0.323 e. The summed E-state index contributed by atoms with van der Waals surface area (Å²) in [5, 5.41) is 2.81. The molecule has 0 bridgehead atoms. The molecule has 1 N–H and O–H groups in total. The van der Waals surface area contributed by atoms with Gasteiger partial charge in [-0.25, -0.2) is 0 Å². The van der Waals surface area contributed by atoms with Crippen LogP contribution in [0.25, 0.3) is 0 Å². The zero-order chi connectivity index (χ0) is 16.7. The van der Waals surface area contributed by atoms with E-state index >= 15 is 0 Å². The number of carbonyl (C=O) groups excluding carboxylic acids is 2. The first-order valence-corrected chi connectivity index (χ1v) is 8.07. The first-order valence-electron chi connectivity index (χ1n) is 8.07. The highest BCUT2D eigenvalue weighted by Gasteiger charge is 2.32. The smallest absolute Gasteiger partial charge is 0.323 e. The third-order valence-electron chi connectivity index (χ3n) is 3.67. The van der Waals surface area contributed by atoms with E-state index in [0.717, 1.165) is 18.7 Å². The van der Waals surface area contributed by atoms with Gasteiger partial charge in [0, 0.05) is 12.2 Å². The van der Waals surface area contributed by atoms with E-state index in [4.69, 9.17) is 9.47 Å². The lowest BCUT2D eigenvalue weighted by atomic mass is 10.1. The maximum absolute atomic E-state index is 12.2. The molecule has 0 aliphatic carbocycles. The standard InChI is InChI=1S/C17H24N2O4/c1-3-9-19-10-11-23-17(21)15(19)12-16(20)18-13-5-7-14(8-6-13)22-4-2/h5-8,15H,3-4,9-12H2,1-2H3,(H,18,20)/t15-/m0/s1. The number of rotatable bonds is 7. The normalized spacial score (nSPS) is 18.3. The highest BCUT2D eigenvalue weighted by atomic mass is 16.5. The van der Waals surface area contributed by atoms with Gasteiger partial charge in [0.1, 0.15) is 18.4 Å². The van der Waals surface area contributed by atoms with Crippen LogP contribution in [0.4, 0.5) is 5.69 Å². The summed E-state index contributed by atoms with van der Waals surface area (Å²) in [5.74, 6) is 0.251. The van der Waals surface area contributed by atoms with Crippen molar-refractivity contribution < 1.29 is 19.1 Å². The summed E-state index contributed by atoms with van der Waals surface area (Å²) >= 11 is 0. The first kappa shape index (κ1) is 17.3. The number of carbonyl (C=O) groups is 2. The highest BCUT2D eigenvalue weighted by Crippen LogP contribution is 2.17. The minimum atomic E-state index is -0.494. The van der Waals surface area contributed by atoms with E-state index in [-0.39, 0.29) is 18.3 Å². The lowest BCUT2D eigenvalue weighted by Gasteiger charge is -2.33. The number of morpholine rings is 1. The molecule has 0 saturated carbocycles. The summed E-state index contributed by atoms with van der Waals surface area (Å²) in [4.78, 5) is 26.2. The SMILES string of the molecule is CCCN1CCOC(=O)[C@@H]1CC(=O)Nc1ccc(OCC)cc1. The predicted molar refractivity (Wildman–Crippen MR) is 87.5 cm³/mol.